The molecule has 0 saturated heterocycles. The number of carbonyl (C=O) groups is 1. The fourth-order valence-electron chi connectivity index (χ4n) is 1.94. The molecule has 0 unspecified atom stereocenters. The van der Waals surface area contributed by atoms with Crippen LogP contribution in [0.2, 0.25) is 0 Å². The molecule has 0 aliphatic rings. The molecule has 2 aromatic rings. The number of aromatic carboxylic acids is 1. The first-order chi connectivity index (χ1) is 9.75. The zero-order valence-corrected chi connectivity index (χ0v) is 11.2. The van der Waals surface area contributed by atoms with Gasteiger partial charge in [0.25, 0.3) is 0 Å². The molecule has 0 saturated carbocycles. The van der Waals surface area contributed by atoms with Crippen molar-refractivity contribution in [1.82, 2.24) is 4.98 Å². The summed E-state index contributed by atoms with van der Waals surface area (Å²) in [6.07, 6.45) is 4.62. The summed E-state index contributed by atoms with van der Waals surface area (Å²) in [4.78, 5) is 14.7. The van der Waals surface area contributed by atoms with Crippen molar-refractivity contribution in [2.45, 2.75) is 19.3 Å². The van der Waals surface area contributed by atoms with Crippen LogP contribution in [-0.2, 0) is 6.42 Å². The summed E-state index contributed by atoms with van der Waals surface area (Å²) < 4.78 is 0. The molecule has 0 spiro atoms. The number of hydrogen-bond acceptors (Lipinski definition) is 3. The second-order valence-electron chi connectivity index (χ2n) is 4.61. The smallest absolute Gasteiger partial charge is 0.337 e. The molecule has 1 heterocycles. The number of anilines is 1. The number of carboxylic acids is 1. The van der Waals surface area contributed by atoms with Crippen LogP contribution in [0, 0.1) is 0 Å². The van der Waals surface area contributed by atoms with Crippen molar-refractivity contribution in [3.63, 3.8) is 0 Å². The van der Waals surface area contributed by atoms with Gasteiger partial charge in [-0.15, -0.1) is 0 Å². The summed E-state index contributed by atoms with van der Waals surface area (Å²) in [6, 6.07) is 13.7. The summed E-state index contributed by atoms with van der Waals surface area (Å²) in [5.41, 5.74) is 1.57. The van der Waals surface area contributed by atoms with E-state index >= 15 is 0 Å². The van der Waals surface area contributed by atoms with Crippen LogP contribution in [0.25, 0.3) is 0 Å². The zero-order valence-electron chi connectivity index (χ0n) is 11.2. The Hall–Kier alpha value is -2.36. The third-order valence-electron chi connectivity index (χ3n) is 3.05. The highest BCUT2D eigenvalue weighted by atomic mass is 16.4. The number of nitrogens with zero attached hydrogens (tertiary/aromatic N) is 1. The third kappa shape index (κ3) is 4.39. The maximum atomic E-state index is 10.7. The highest BCUT2D eigenvalue weighted by Crippen LogP contribution is 2.07. The van der Waals surface area contributed by atoms with Gasteiger partial charge in [0.15, 0.2) is 0 Å². The molecule has 0 amide bonds. The van der Waals surface area contributed by atoms with E-state index in [1.807, 2.05) is 6.07 Å². The summed E-state index contributed by atoms with van der Waals surface area (Å²) in [6.45, 7) is 0.840. The van der Waals surface area contributed by atoms with E-state index in [0.717, 1.165) is 31.6 Å². The fraction of sp³-hybridized carbons (Fsp3) is 0.250. The highest BCUT2D eigenvalue weighted by Gasteiger charge is 2.02. The molecule has 4 nitrogen and oxygen atoms in total. The average Bonchev–Trinajstić information content (AvgIpc) is 2.48. The summed E-state index contributed by atoms with van der Waals surface area (Å²) in [5, 5.41) is 12.0. The van der Waals surface area contributed by atoms with Gasteiger partial charge < -0.3 is 10.4 Å². The standard InChI is InChI=1S/C16H18N2O2/c19-16(20)14-9-10-15(18-12-14)17-11-5-4-8-13-6-2-1-3-7-13/h1-3,6-7,9-10,12H,4-5,8,11H2,(H,17,18)(H,19,20). The Morgan fingerprint density at radius 1 is 1.10 bits per heavy atom. The lowest BCUT2D eigenvalue weighted by Gasteiger charge is -2.05. The lowest BCUT2D eigenvalue weighted by molar-refractivity contribution is 0.0696. The van der Waals surface area contributed by atoms with E-state index in [2.05, 4.69) is 34.6 Å². The van der Waals surface area contributed by atoms with Crippen molar-refractivity contribution in [2.24, 2.45) is 0 Å². The normalized spacial score (nSPS) is 10.2. The van der Waals surface area contributed by atoms with Crippen LogP contribution in [0.5, 0.6) is 0 Å². The molecule has 0 aliphatic carbocycles. The van der Waals surface area contributed by atoms with Crippen LogP contribution in [0.1, 0.15) is 28.8 Å². The van der Waals surface area contributed by atoms with Crippen LogP contribution >= 0.6 is 0 Å². The molecule has 104 valence electrons. The molecule has 20 heavy (non-hydrogen) atoms. The number of carboxylic acid groups (broad SMARTS) is 1. The van der Waals surface area contributed by atoms with Crippen molar-refractivity contribution in [3.05, 3.63) is 59.8 Å². The van der Waals surface area contributed by atoms with Gasteiger partial charge in [-0.3, -0.25) is 0 Å². The van der Waals surface area contributed by atoms with Gasteiger partial charge in [-0.2, -0.15) is 0 Å². The van der Waals surface area contributed by atoms with Crippen LogP contribution < -0.4 is 5.32 Å². The largest absolute Gasteiger partial charge is 0.478 e. The second-order valence-corrected chi connectivity index (χ2v) is 4.61. The predicted molar refractivity (Wildman–Crippen MR) is 79.1 cm³/mol. The topological polar surface area (TPSA) is 62.2 Å². The Balaban J connectivity index is 1.67. The fourth-order valence-corrected chi connectivity index (χ4v) is 1.94. The number of aromatic nitrogens is 1. The van der Waals surface area contributed by atoms with E-state index in [0.29, 0.717) is 0 Å². The van der Waals surface area contributed by atoms with Gasteiger partial charge in [0.2, 0.25) is 0 Å². The number of pyridine rings is 1. The number of rotatable bonds is 7. The van der Waals surface area contributed by atoms with Crippen molar-refractivity contribution in [2.75, 3.05) is 11.9 Å². The Bertz CT molecular complexity index is 538. The van der Waals surface area contributed by atoms with E-state index in [4.69, 9.17) is 5.11 Å². The Morgan fingerprint density at radius 2 is 1.90 bits per heavy atom. The van der Waals surface area contributed by atoms with Crippen LogP contribution in [0.4, 0.5) is 5.82 Å². The molecule has 0 bridgehead atoms. The minimum Gasteiger partial charge on any atom is -0.478 e. The van der Waals surface area contributed by atoms with Gasteiger partial charge in [-0.05, 0) is 37.0 Å². The molecular weight excluding hydrogens is 252 g/mol. The van der Waals surface area contributed by atoms with Crippen LogP contribution in [-0.4, -0.2) is 22.6 Å². The average molecular weight is 270 g/mol. The molecule has 2 rings (SSSR count). The first-order valence-corrected chi connectivity index (χ1v) is 6.73. The van der Waals surface area contributed by atoms with E-state index in [1.54, 1.807) is 12.1 Å². The Labute approximate surface area is 118 Å². The van der Waals surface area contributed by atoms with Crippen molar-refractivity contribution < 1.29 is 9.90 Å². The van der Waals surface area contributed by atoms with Gasteiger partial charge in [-0.1, -0.05) is 30.3 Å². The number of benzene rings is 1. The van der Waals surface area contributed by atoms with Gasteiger partial charge in [0, 0.05) is 12.7 Å². The molecular formula is C16H18N2O2. The lowest BCUT2D eigenvalue weighted by Crippen LogP contribution is -2.05. The molecule has 0 atom stereocenters. The van der Waals surface area contributed by atoms with Gasteiger partial charge in [0.05, 0.1) is 5.56 Å². The number of aryl methyl sites for hydroxylation is 1. The zero-order chi connectivity index (χ0) is 14.2. The van der Waals surface area contributed by atoms with Gasteiger partial charge in [0.1, 0.15) is 5.82 Å². The highest BCUT2D eigenvalue weighted by molar-refractivity contribution is 5.87. The van der Waals surface area contributed by atoms with E-state index in [1.165, 1.54) is 11.8 Å². The van der Waals surface area contributed by atoms with Crippen LogP contribution in [0.15, 0.2) is 48.7 Å². The monoisotopic (exact) mass is 270 g/mol. The summed E-state index contributed by atoms with van der Waals surface area (Å²) >= 11 is 0. The van der Waals surface area contributed by atoms with Crippen molar-refractivity contribution in [1.29, 1.82) is 0 Å². The molecule has 1 aromatic heterocycles. The van der Waals surface area contributed by atoms with Gasteiger partial charge in [-0.25, -0.2) is 9.78 Å². The maximum absolute atomic E-state index is 10.7. The van der Waals surface area contributed by atoms with Gasteiger partial charge >= 0.3 is 5.97 Å². The lowest BCUT2D eigenvalue weighted by atomic mass is 10.1. The minimum atomic E-state index is -0.952. The molecule has 4 heteroatoms. The third-order valence-corrected chi connectivity index (χ3v) is 3.05. The Morgan fingerprint density at radius 3 is 2.55 bits per heavy atom. The van der Waals surface area contributed by atoms with E-state index in [-0.39, 0.29) is 5.56 Å². The van der Waals surface area contributed by atoms with E-state index < -0.39 is 5.97 Å². The number of nitrogens with one attached hydrogen (secondary N) is 1. The minimum absolute atomic E-state index is 0.208. The van der Waals surface area contributed by atoms with Crippen molar-refractivity contribution >= 4 is 11.8 Å². The molecule has 2 N–H and O–H groups in total. The number of unbranched alkanes of at least 4 members (excludes halogenated alkanes) is 1. The van der Waals surface area contributed by atoms with E-state index in [9.17, 15) is 4.79 Å². The quantitative estimate of drug-likeness (QED) is 0.758. The van der Waals surface area contributed by atoms with Crippen molar-refractivity contribution in [3.8, 4) is 0 Å². The maximum Gasteiger partial charge on any atom is 0.337 e. The SMILES string of the molecule is O=C(O)c1ccc(NCCCCc2ccccc2)nc1. The predicted octanol–water partition coefficient (Wildman–Crippen LogP) is 3.21. The first kappa shape index (κ1) is 14.1. The molecule has 0 aliphatic heterocycles. The summed E-state index contributed by atoms with van der Waals surface area (Å²) in [5.74, 6) is -0.235. The van der Waals surface area contributed by atoms with Crippen LogP contribution in [0.3, 0.4) is 0 Å². The summed E-state index contributed by atoms with van der Waals surface area (Å²) in [7, 11) is 0. The number of hydrogen-bond donors (Lipinski definition) is 2. The molecule has 0 fully saturated rings. The Kier molecular flexibility index (Phi) is 5.12. The molecule has 1 aromatic carbocycles. The molecule has 0 radical (unpaired) electrons. The first-order valence-electron chi connectivity index (χ1n) is 6.73. The second kappa shape index (κ2) is 7.28.